The van der Waals surface area contributed by atoms with Crippen LogP contribution in [-0.4, -0.2) is 37.6 Å². The molecule has 1 fully saturated rings. The summed E-state index contributed by atoms with van der Waals surface area (Å²) in [6, 6.07) is 17.3. The van der Waals surface area contributed by atoms with Crippen molar-refractivity contribution in [2.45, 2.75) is 11.8 Å². The van der Waals surface area contributed by atoms with Crippen molar-refractivity contribution in [1.82, 2.24) is 4.90 Å². The summed E-state index contributed by atoms with van der Waals surface area (Å²) in [6.07, 6.45) is 1.51. The van der Waals surface area contributed by atoms with Crippen molar-refractivity contribution in [3.05, 3.63) is 92.8 Å². The van der Waals surface area contributed by atoms with Crippen molar-refractivity contribution in [3.63, 3.8) is 0 Å². The van der Waals surface area contributed by atoms with Gasteiger partial charge < -0.3 is 8.92 Å². The molecule has 0 unspecified atom stereocenters. The zero-order valence-corrected chi connectivity index (χ0v) is 22.0. The van der Waals surface area contributed by atoms with Crippen molar-refractivity contribution >= 4 is 62.3 Å². The lowest BCUT2D eigenvalue weighted by molar-refractivity contribution is -0.123. The molecule has 1 saturated heterocycles. The van der Waals surface area contributed by atoms with Crippen LogP contribution in [0.5, 0.6) is 11.5 Å². The minimum atomic E-state index is -4.12. The highest BCUT2D eigenvalue weighted by atomic mass is 35.5. The molecule has 36 heavy (non-hydrogen) atoms. The third-order valence-corrected chi connectivity index (χ3v) is 7.71. The molecule has 0 aromatic heterocycles. The summed E-state index contributed by atoms with van der Waals surface area (Å²) >= 11 is 12.8. The number of amides is 2. The molecule has 0 bridgehead atoms. The van der Waals surface area contributed by atoms with Gasteiger partial charge in [0.15, 0.2) is 5.75 Å². The van der Waals surface area contributed by atoms with Crippen molar-refractivity contribution in [1.29, 1.82) is 0 Å². The predicted molar refractivity (Wildman–Crippen MR) is 140 cm³/mol. The van der Waals surface area contributed by atoms with Crippen LogP contribution >= 0.6 is 35.0 Å². The highest BCUT2D eigenvalue weighted by Gasteiger charge is 2.34. The maximum atomic E-state index is 12.8. The van der Waals surface area contributed by atoms with E-state index in [2.05, 4.69) is 0 Å². The Kier molecular flexibility index (Phi) is 7.94. The maximum absolute atomic E-state index is 12.8. The van der Waals surface area contributed by atoms with E-state index in [-0.39, 0.29) is 33.7 Å². The first kappa shape index (κ1) is 26.1. The van der Waals surface area contributed by atoms with E-state index in [0.29, 0.717) is 16.3 Å². The fraction of sp³-hybridized carbons (Fsp3) is 0.120. The van der Waals surface area contributed by atoms with Crippen LogP contribution in [-0.2, 0) is 14.9 Å². The molecule has 0 N–H and O–H groups in total. The molecule has 1 aliphatic rings. The number of thioether (sulfide) groups is 1. The second kappa shape index (κ2) is 11.0. The Morgan fingerprint density at radius 3 is 2.44 bits per heavy atom. The number of aryl methyl sites for hydroxylation is 1. The molecule has 0 atom stereocenters. The zero-order valence-electron chi connectivity index (χ0n) is 18.8. The van der Waals surface area contributed by atoms with E-state index in [1.54, 1.807) is 6.07 Å². The summed E-state index contributed by atoms with van der Waals surface area (Å²) in [5, 5.41) is 0.00539. The normalized spacial score (nSPS) is 15.0. The van der Waals surface area contributed by atoms with E-state index in [1.165, 1.54) is 48.5 Å². The van der Waals surface area contributed by atoms with Crippen LogP contribution in [0.25, 0.3) is 6.08 Å². The van der Waals surface area contributed by atoms with Crippen molar-refractivity contribution in [3.8, 4) is 11.5 Å². The summed E-state index contributed by atoms with van der Waals surface area (Å²) in [5.41, 5.74) is 1.54. The number of rotatable bonds is 8. The van der Waals surface area contributed by atoms with Crippen LogP contribution in [0.4, 0.5) is 4.79 Å². The maximum Gasteiger partial charge on any atom is 0.339 e. The van der Waals surface area contributed by atoms with E-state index in [9.17, 15) is 18.0 Å². The van der Waals surface area contributed by atoms with Gasteiger partial charge in [-0.25, -0.2) is 0 Å². The van der Waals surface area contributed by atoms with E-state index in [1.807, 2.05) is 25.1 Å². The number of hydrogen-bond donors (Lipinski definition) is 0. The molecule has 186 valence electrons. The first-order valence-electron chi connectivity index (χ1n) is 10.6. The molecule has 7 nitrogen and oxygen atoms in total. The van der Waals surface area contributed by atoms with E-state index in [4.69, 9.17) is 32.1 Å². The quantitative estimate of drug-likeness (QED) is 0.238. The minimum Gasteiger partial charge on any atom is -0.492 e. The molecule has 1 heterocycles. The molecule has 4 rings (SSSR count). The predicted octanol–water partition coefficient (Wildman–Crippen LogP) is 6.18. The summed E-state index contributed by atoms with van der Waals surface area (Å²) < 4.78 is 35.8. The number of ether oxygens (including phenoxy) is 1. The number of carbonyl (C=O) groups excluding carboxylic acids is 2. The lowest BCUT2D eigenvalue weighted by Gasteiger charge is -2.13. The van der Waals surface area contributed by atoms with Gasteiger partial charge in [0.25, 0.3) is 11.1 Å². The van der Waals surface area contributed by atoms with E-state index in [0.717, 1.165) is 22.2 Å². The topological polar surface area (TPSA) is 90.0 Å². The Morgan fingerprint density at radius 1 is 1.00 bits per heavy atom. The van der Waals surface area contributed by atoms with Gasteiger partial charge in [-0.05, 0) is 84.4 Å². The summed E-state index contributed by atoms with van der Waals surface area (Å²) in [5.74, 6) is 0.136. The molecule has 3 aromatic rings. The molecule has 0 aliphatic carbocycles. The minimum absolute atomic E-state index is 0.0204. The standard InChI is InChI=1S/C25H19Cl2NO6S2/c1-16-3-2-4-19(13-16)33-12-11-28-24(29)23(35-25(28)30)15-17-5-10-22(21(27)14-17)34-36(31,32)20-8-6-18(26)7-9-20/h2-10,13-15H,11-12H2,1H3/b23-15-. The highest BCUT2D eigenvalue weighted by molar-refractivity contribution is 8.18. The van der Waals surface area contributed by atoms with Crippen LogP contribution in [0.1, 0.15) is 11.1 Å². The second-order valence-corrected chi connectivity index (χ2v) is 11.1. The molecule has 0 spiro atoms. The molecular weight excluding hydrogens is 545 g/mol. The van der Waals surface area contributed by atoms with Crippen LogP contribution in [0.3, 0.4) is 0 Å². The van der Waals surface area contributed by atoms with Crippen LogP contribution < -0.4 is 8.92 Å². The van der Waals surface area contributed by atoms with Gasteiger partial charge in [-0.2, -0.15) is 8.42 Å². The van der Waals surface area contributed by atoms with Crippen LogP contribution in [0.15, 0.2) is 76.5 Å². The molecule has 1 aliphatic heterocycles. The molecule has 11 heteroatoms. The molecule has 0 saturated carbocycles. The number of benzene rings is 3. The number of nitrogens with zero attached hydrogens (tertiary/aromatic N) is 1. The summed E-state index contributed by atoms with van der Waals surface area (Å²) in [7, 11) is -4.12. The Morgan fingerprint density at radius 2 is 1.75 bits per heavy atom. The fourth-order valence-corrected chi connectivity index (χ4v) is 5.46. The van der Waals surface area contributed by atoms with Crippen molar-refractivity contribution < 1.29 is 26.9 Å². The Hall–Kier alpha value is -2.98. The number of halogens is 2. The third-order valence-electron chi connectivity index (χ3n) is 5.00. The third kappa shape index (κ3) is 6.22. The molecular formula is C25H19Cl2NO6S2. The van der Waals surface area contributed by atoms with Gasteiger partial charge in [-0.1, -0.05) is 41.4 Å². The number of carbonyl (C=O) groups is 2. The molecule has 0 radical (unpaired) electrons. The first-order valence-corrected chi connectivity index (χ1v) is 13.5. The smallest absolute Gasteiger partial charge is 0.339 e. The van der Waals surface area contributed by atoms with Gasteiger partial charge in [0.1, 0.15) is 17.3 Å². The Balaban J connectivity index is 1.42. The van der Waals surface area contributed by atoms with Gasteiger partial charge in [-0.3, -0.25) is 14.5 Å². The average molecular weight is 564 g/mol. The van der Waals surface area contributed by atoms with Gasteiger partial charge in [0.05, 0.1) is 16.5 Å². The fourth-order valence-electron chi connectivity index (χ4n) is 3.25. The molecule has 2 amide bonds. The monoisotopic (exact) mass is 563 g/mol. The lowest BCUT2D eigenvalue weighted by Crippen LogP contribution is -2.32. The largest absolute Gasteiger partial charge is 0.492 e. The van der Waals surface area contributed by atoms with Crippen LogP contribution in [0, 0.1) is 6.92 Å². The first-order chi connectivity index (χ1) is 17.1. The van der Waals surface area contributed by atoms with E-state index >= 15 is 0 Å². The zero-order chi connectivity index (χ0) is 25.9. The Bertz CT molecular complexity index is 1460. The molecule has 3 aromatic carbocycles. The SMILES string of the molecule is Cc1cccc(OCCN2C(=O)S/C(=C\c3ccc(OS(=O)(=O)c4ccc(Cl)cc4)c(Cl)c3)C2=O)c1. The van der Waals surface area contributed by atoms with Crippen molar-refractivity contribution in [2.24, 2.45) is 0 Å². The van der Waals surface area contributed by atoms with Gasteiger partial charge in [-0.15, -0.1) is 0 Å². The van der Waals surface area contributed by atoms with E-state index < -0.39 is 21.3 Å². The van der Waals surface area contributed by atoms with Gasteiger partial charge >= 0.3 is 10.1 Å². The number of hydrogen-bond acceptors (Lipinski definition) is 7. The summed E-state index contributed by atoms with van der Waals surface area (Å²) in [4.78, 5) is 26.4. The highest BCUT2D eigenvalue weighted by Crippen LogP contribution is 2.34. The second-order valence-electron chi connectivity index (χ2n) is 7.68. The van der Waals surface area contributed by atoms with Gasteiger partial charge in [0, 0.05) is 5.02 Å². The summed E-state index contributed by atoms with van der Waals surface area (Å²) in [6.45, 7) is 2.21. The average Bonchev–Trinajstić information content (AvgIpc) is 3.08. The van der Waals surface area contributed by atoms with Crippen molar-refractivity contribution in [2.75, 3.05) is 13.2 Å². The Labute approximate surface area is 222 Å². The van der Waals surface area contributed by atoms with Gasteiger partial charge in [0.2, 0.25) is 0 Å². The number of imide groups is 1. The lowest BCUT2D eigenvalue weighted by atomic mass is 10.2. The van der Waals surface area contributed by atoms with Crippen LogP contribution in [0.2, 0.25) is 10.0 Å².